The minimum atomic E-state index is -0.897. The van der Waals surface area contributed by atoms with Crippen LogP contribution in [-0.2, 0) is 0 Å². The summed E-state index contributed by atoms with van der Waals surface area (Å²) < 4.78 is 0. The lowest BCUT2D eigenvalue weighted by atomic mass is 10.1. The van der Waals surface area contributed by atoms with Crippen LogP contribution in [0.25, 0.3) is 0 Å². The van der Waals surface area contributed by atoms with Crippen molar-refractivity contribution in [3.8, 4) is 0 Å². The minimum Gasteiger partial charge on any atom is -0.478 e. The Morgan fingerprint density at radius 1 is 1.53 bits per heavy atom. The average molecular weight is 276 g/mol. The van der Waals surface area contributed by atoms with E-state index in [2.05, 4.69) is 17.2 Å². The lowest BCUT2D eigenvalue weighted by Gasteiger charge is -2.13. The fourth-order valence-electron chi connectivity index (χ4n) is 1.82. The van der Waals surface area contributed by atoms with Gasteiger partial charge in [-0.1, -0.05) is 6.92 Å². The first-order chi connectivity index (χ1) is 9.08. The maximum Gasteiger partial charge on any atom is 0.335 e. The van der Waals surface area contributed by atoms with E-state index in [0.29, 0.717) is 11.5 Å². The number of anilines is 1. The first-order valence-corrected chi connectivity index (χ1v) is 6.93. The largest absolute Gasteiger partial charge is 0.478 e. The summed E-state index contributed by atoms with van der Waals surface area (Å²) in [6, 6.07) is 5.11. The highest BCUT2D eigenvalue weighted by Crippen LogP contribution is 2.21. The molecule has 1 aromatic heterocycles. The highest BCUT2D eigenvalue weighted by atomic mass is 32.1. The average Bonchev–Trinajstić information content (AvgIpc) is 2.90. The monoisotopic (exact) mass is 276 g/mol. The molecule has 19 heavy (non-hydrogen) atoms. The van der Waals surface area contributed by atoms with E-state index in [1.807, 2.05) is 24.6 Å². The maximum atomic E-state index is 10.9. The summed E-state index contributed by atoms with van der Waals surface area (Å²) in [7, 11) is 0. The Morgan fingerprint density at radius 3 is 2.89 bits per heavy atom. The molecule has 100 valence electrons. The summed E-state index contributed by atoms with van der Waals surface area (Å²) in [4.78, 5) is 15.1. The topological polar surface area (TPSA) is 62.2 Å². The summed E-state index contributed by atoms with van der Waals surface area (Å²) in [5.41, 5.74) is 2.22. The maximum absolute atomic E-state index is 10.9. The predicted octanol–water partition coefficient (Wildman–Crippen LogP) is 3.37. The second-order valence-corrected chi connectivity index (χ2v) is 5.41. The Labute approximate surface area is 116 Å². The van der Waals surface area contributed by atoms with Crippen molar-refractivity contribution in [3.63, 3.8) is 0 Å². The number of hydrogen-bond acceptors (Lipinski definition) is 4. The lowest BCUT2D eigenvalue weighted by molar-refractivity contribution is 0.0697. The lowest BCUT2D eigenvalue weighted by Crippen LogP contribution is -2.10. The molecule has 1 atom stereocenters. The van der Waals surface area contributed by atoms with Gasteiger partial charge in [0.25, 0.3) is 0 Å². The van der Waals surface area contributed by atoms with E-state index in [1.54, 1.807) is 23.5 Å². The number of aryl methyl sites for hydroxylation is 1. The molecule has 2 rings (SSSR count). The van der Waals surface area contributed by atoms with Crippen LogP contribution < -0.4 is 5.32 Å². The predicted molar refractivity (Wildman–Crippen MR) is 77.2 cm³/mol. The molecule has 2 aromatic rings. The summed E-state index contributed by atoms with van der Waals surface area (Å²) in [5, 5.41) is 15.3. The van der Waals surface area contributed by atoms with Gasteiger partial charge >= 0.3 is 5.97 Å². The standard InChI is InChI=1S/C14H16N2O2S/c1-9-7-11(14(17)18)3-4-12(9)16-8-10(2)13-15-5-6-19-13/h3-7,10,16H,8H2,1-2H3,(H,17,18). The number of benzene rings is 1. The first-order valence-electron chi connectivity index (χ1n) is 6.05. The molecule has 0 saturated carbocycles. The van der Waals surface area contributed by atoms with Crippen LogP contribution in [0.3, 0.4) is 0 Å². The third-order valence-electron chi connectivity index (χ3n) is 2.95. The number of carboxylic acid groups (broad SMARTS) is 1. The molecule has 0 fully saturated rings. The number of carboxylic acids is 1. The van der Waals surface area contributed by atoms with Crippen LogP contribution in [0.5, 0.6) is 0 Å². The summed E-state index contributed by atoms with van der Waals surface area (Å²) in [5.74, 6) is -0.565. The van der Waals surface area contributed by atoms with Crippen LogP contribution in [0.4, 0.5) is 5.69 Å². The molecule has 0 amide bonds. The van der Waals surface area contributed by atoms with Gasteiger partial charge in [-0.15, -0.1) is 11.3 Å². The van der Waals surface area contributed by atoms with E-state index in [4.69, 9.17) is 5.11 Å². The van der Waals surface area contributed by atoms with Crippen molar-refractivity contribution in [1.82, 2.24) is 4.98 Å². The highest BCUT2D eigenvalue weighted by molar-refractivity contribution is 7.09. The number of nitrogens with zero attached hydrogens (tertiary/aromatic N) is 1. The van der Waals surface area contributed by atoms with Crippen LogP contribution in [0.1, 0.15) is 33.8 Å². The van der Waals surface area contributed by atoms with E-state index in [0.717, 1.165) is 22.8 Å². The SMILES string of the molecule is Cc1cc(C(=O)O)ccc1NCC(C)c1nccs1. The van der Waals surface area contributed by atoms with Crippen molar-refractivity contribution in [2.24, 2.45) is 0 Å². The van der Waals surface area contributed by atoms with Gasteiger partial charge < -0.3 is 10.4 Å². The third kappa shape index (κ3) is 3.32. The van der Waals surface area contributed by atoms with Gasteiger partial charge in [0.1, 0.15) is 0 Å². The number of rotatable bonds is 5. The molecular formula is C14H16N2O2S. The van der Waals surface area contributed by atoms with Gasteiger partial charge in [0, 0.05) is 29.7 Å². The molecule has 0 bridgehead atoms. The molecule has 5 heteroatoms. The Bertz CT molecular complexity index is 567. The van der Waals surface area contributed by atoms with E-state index in [9.17, 15) is 4.79 Å². The smallest absolute Gasteiger partial charge is 0.335 e. The molecule has 0 aliphatic heterocycles. The molecule has 0 aliphatic rings. The van der Waals surface area contributed by atoms with Crippen molar-refractivity contribution in [1.29, 1.82) is 0 Å². The number of aromatic nitrogens is 1. The zero-order chi connectivity index (χ0) is 13.8. The molecule has 1 heterocycles. The van der Waals surface area contributed by atoms with Gasteiger partial charge in [-0.25, -0.2) is 9.78 Å². The molecule has 4 nitrogen and oxygen atoms in total. The van der Waals surface area contributed by atoms with Crippen LogP contribution in [0, 0.1) is 6.92 Å². The zero-order valence-corrected chi connectivity index (χ0v) is 11.7. The van der Waals surface area contributed by atoms with E-state index < -0.39 is 5.97 Å². The molecule has 0 saturated heterocycles. The Morgan fingerprint density at radius 2 is 2.32 bits per heavy atom. The number of hydrogen-bond donors (Lipinski definition) is 2. The Hall–Kier alpha value is -1.88. The second-order valence-electron chi connectivity index (χ2n) is 4.49. The number of carbonyl (C=O) groups is 1. The van der Waals surface area contributed by atoms with Crippen LogP contribution in [0.2, 0.25) is 0 Å². The van der Waals surface area contributed by atoms with Crippen molar-refractivity contribution in [2.45, 2.75) is 19.8 Å². The van der Waals surface area contributed by atoms with Gasteiger partial charge in [0.05, 0.1) is 10.6 Å². The van der Waals surface area contributed by atoms with E-state index in [1.165, 1.54) is 0 Å². The molecule has 0 aliphatic carbocycles. The van der Waals surface area contributed by atoms with Gasteiger partial charge in [-0.05, 0) is 30.7 Å². The number of aromatic carboxylic acids is 1. The van der Waals surface area contributed by atoms with Gasteiger partial charge in [-0.3, -0.25) is 0 Å². The van der Waals surface area contributed by atoms with Crippen molar-refractivity contribution < 1.29 is 9.90 Å². The molecule has 2 N–H and O–H groups in total. The minimum absolute atomic E-state index is 0.316. The summed E-state index contributed by atoms with van der Waals surface area (Å²) in [6.45, 7) is 4.80. The van der Waals surface area contributed by atoms with Gasteiger partial charge in [0.15, 0.2) is 0 Å². The number of thiazole rings is 1. The van der Waals surface area contributed by atoms with E-state index in [-0.39, 0.29) is 0 Å². The zero-order valence-electron chi connectivity index (χ0n) is 10.9. The van der Waals surface area contributed by atoms with Crippen LogP contribution in [-0.4, -0.2) is 22.6 Å². The summed E-state index contributed by atoms with van der Waals surface area (Å²) in [6.07, 6.45) is 1.81. The number of nitrogens with one attached hydrogen (secondary N) is 1. The van der Waals surface area contributed by atoms with Crippen molar-refractivity contribution in [3.05, 3.63) is 45.9 Å². The van der Waals surface area contributed by atoms with E-state index >= 15 is 0 Å². The molecule has 0 spiro atoms. The van der Waals surface area contributed by atoms with Crippen molar-refractivity contribution in [2.75, 3.05) is 11.9 Å². The van der Waals surface area contributed by atoms with Gasteiger partial charge in [-0.2, -0.15) is 0 Å². The van der Waals surface area contributed by atoms with Crippen molar-refractivity contribution >= 4 is 23.0 Å². The fraction of sp³-hybridized carbons (Fsp3) is 0.286. The Balaban J connectivity index is 2.02. The second kappa shape index (κ2) is 5.84. The molecular weight excluding hydrogens is 260 g/mol. The van der Waals surface area contributed by atoms with Gasteiger partial charge in [0.2, 0.25) is 0 Å². The quantitative estimate of drug-likeness (QED) is 0.879. The Kier molecular flexibility index (Phi) is 4.16. The molecule has 1 unspecified atom stereocenters. The molecule has 1 aromatic carbocycles. The van der Waals surface area contributed by atoms with Crippen LogP contribution >= 0.6 is 11.3 Å². The normalized spacial score (nSPS) is 12.1. The fourth-order valence-corrected chi connectivity index (χ4v) is 2.52. The molecule has 0 radical (unpaired) electrons. The third-order valence-corrected chi connectivity index (χ3v) is 3.95. The highest BCUT2D eigenvalue weighted by Gasteiger charge is 2.09. The summed E-state index contributed by atoms with van der Waals surface area (Å²) >= 11 is 1.65. The van der Waals surface area contributed by atoms with Crippen LogP contribution in [0.15, 0.2) is 29.8 Å². The first kappa shape index (κ1) is 13.5.